The van der Waals surface area contributed by atoms with Gasteiger partial charge in [0.1, 0.15) is 5.69 Å². The summed E-state index contributed by atoms with van der Waals surface area (Å²) in [6.07, 6.45) is -9.02. The van der Waals surface area contributed by atoms with Crippen LogP contribution in [0.1, 0.15) is 24.8 Å². The van der Waals surface area contributed by atoms with Crippen LogP contribution >= 0.6 is 0 Å². The Hall–Kier alpha value is -1.96. The van der Waals surface area contributed by atoms with E-state index in [9.17, 15) is 22.0 Å². The van der Waals surface area contributed by atoms with E-state index < -0.39 is 36.8 Å². The number of alkyl halides is 5. The topological polar surface area (TPSA) is 35.3 Å². The summed E-state index contributed by atoms with van der Waals surface area (Å²) in [7, 11) is 0. The largest absolute Gasteiger partial charge is 0.451 e. The van der Waals surface area contributed by atoms with E-state index in [1.165, 1.54) is 12.1 Å². The van der Waals surface area contributed by atoms with Gasteiger partial charge in [-0.2, -0.15) is 22.0 Å². The summed E-state index contributed by atoms with van der Waals surface area (Å²) in [4.78, 5) is 3.64. The number of oxazole rings is 1. The maximum atomic E-state index is 13.0. The molecule has 2 aromatic rings. The number of nitrogens with zero attached hydrogens (tertiary/aromatic N) is 1. The molecule has 3 nitrogen and oxygen atoms in total. The lowest BCUT2D eigenvalue weighted by atomic mass is 10.2. The number of ether oxygens (including phenoxy) is 1. The van der Waals surface area contributed by atoms with Gasteiger partial charge in [0.2, 0.25) is 11.7 Å². The Balaban J connectivity index is 2.34. The summed E-state index contributed by atoms with van der Waals surface area (Å²) >= 11 is 0. The highest BCUT2D eigenvalue weighted by Crippen LogP contribution is 2.36. The lowest BCUT2D eigenvalue weighted by molar-refractivity contribution is -0.248. The van der Waals surface area contributed by atoms with Crippen molar-refractivity contribution in [3.63, 3.8) is 0 Å². The summed E-state index contributed by atoms with van der Waals surface area (Å²) in [6.45, 7) is 0.162. The molecular weight excluding hydrogens is 309 g/mol. The molecule has 0 aliphatic carbocycles. The van der Waals surface area contributed by atoms with Crippen molar-refractivity contribution in [2.45, 2.75) is 32.2 Å². The molecular formula is C14H12F5NO2. The average molecular weight is 321 g/mol. The van der Waals surface area contributed by atoms with E-state index in [1.54, 1.807) is 18.2 Å². The van der Waals surface area contributed by atoms with Crippen LogP contribution in [0.3, 0.4) is 0 Å². The van der Waals surface area contributed by atoms with Crippen molar-refractivity contribution in [2.24, 2.45) is 0 Å². The van der Waals surface area contributed by atoms with Crippen LogP contribution < -0.4 is 0 Å². The average Bonchev–Trinajstić information content (AvgIpc) is 2.91. The number of halogens is 5. The second-order valence-electron chi connectivity index (χ2n) is 4.44. The Morgan fingerprint density at radius 2 is 1.73 bits per heavy atom. The highest BCUT2D eigenvalue weighted by molar-refractivity contribution is 5.53. The number of hydrogen-bond donors (Lipinski definition) is 0. The summed E-state index contributed by atoms with van der Waals surface area (Å²) in [5.41, 5.74) is -0.402. The Labute approximate surface area is 122 Å². The van der Waals surface area contributed by atoms with E-state index in [2.05, 4.69) is 9.72 Å². The van der Waals surface area contributed by atoms with Crippen molar-refractivity contribution in [1.82, 2.24) is 4.98 Å². The molecule has 0 bridgehead atoms. The van der Waals surface area contributed by atoms with Crippen molar-refractivity contribution in [1.29, 1.82) is 0 Å². The Morgan fingerprint density at radius 3 is 2.27 bits per heavy atom. The van der Waals surface area contributed by atoms with Gasteiger partial charge in [-0.3, -0.25) is 0 Å². The second-order valence-corrected chi connectivity index (χ2v) is 4.44. The molecule has 0 saturated heterocycles. The van der Waals surface area contributed by atoms with Crippen LogP contribution in [0, 0.1) is 0 Å². The molecule has 0 spiro atoms. The SMILES string of the molecule is CCC(F)(F)OCc1nc(-c2ccccc2)oc1C(F)(F)F. The molecule has 0 amide bonds. The third-order valence-corrected chi connectivity index (χ3v) is 2.81. The zero-order chi connectivity index (χ0) is 16.4. The van der Waals surface area contributed by atoms with E-state index in [0.29, 0.717) is 5.56 Å². The van der Waals surface area contributed by atoms with Crippen molar-refractivity contribution < 1.29 is 31.1 Å². The molecule has 1 aromatic carbocycles. The molecule has 120 valence electrons. The minimum absolute atomic E-state index is 0.300. The molecule has 0 radical (unpaired) electrons. The molecule has 22 heavy (non-hydrogen) atoms. The quantitative estimate of drug-likeness (QED) is 0.736. The maximum Gasteiger partial charge on any atom is 0.451 e. The summed E-state index contributed by atoms with van der Waals surface area (Å²) in [5.74, 6) is -1.73. The van der Waals surface area contributed by atoms with Crippen LogP contribution in [0.5, 0.6) is 0 Å². The van der Waals surface area contributed by atoms with Crippen molar-refractivity contribution in [3.8, 4) is 11.5 Å². The number of aromatic nitrogens is 1. The molecule has 0 unspecified atom stereocenters. The zero-order valence-electron chi connectivity index (χ0n) is 11.5. The fourth-order valence-electron chi connectivity index (χ4n) is 1.65. The van der Waals surface area contributed by atoms with E-state index >= 15 is 0 Å². The first kappa shape index (κ1) is 16.4. The monoisotopic (exact) mass is 321 g/mol. The molecule has 0 atom stereocenters. The first-order chi connectivity index (χ1) is 10.2. The molecule has 0 saturated carbocycles. The molecule has 8 heteroatoms. The predicted molar refractivity (Wildman–Crippen MR) is 67.0 cm³/mol. The fraction of sp³-hybridized carbons (Fsp3) is 0.357. The van der Waals surface area contributed by atoms with Crippen LogP contribution in [0.25, 0.3) is 11.5 Å². The maximum absolute atomic E-state index is 13.0. The van der Waals surface area contributed by atoms with Crippen LogP contribution in [-0.2, 0) is 17.5 Å². The number of benzene rings is 1. The van der Waals surface area contributed by atoms with Crippen molar-refractivity contribution in [2.75, 3.05) is 0 Å². The lowest BCUT2D eigenvalue weighted by Crippen LogP contribution is -2.20. The van der Waals surface area contributed by atoms with Gasteiger partial charge in [0, 0.05) is 12.0 Å². The standard InChI is InChI=1S/C14H12F5NO2/c1-2-13(15,16)21-8-10-11(14(17,18)19)22-12(20-10)9-6-4-3-5-7-9/h3-7H,2,8H2,1H3. The summed E-state index contributed by atoms with van der Waals surface area (Å²) < 4.78 is 73.7. The van der Waals surface area contributed by atoms with Crippen LogP contribution in [0.15, 0.2) is 34.7 Å². The molecule has 1 aromatic heterocycles. The second kappa shape index (κ2) is 6.04. The summed E-state index contributed by atoms with van der Waals surface area (Å²) in [6, 6.07) is 7.85. The van der Waals surface area contributed by atoms with E-state index in [-0.39, 0.29) is 5.89 Å². The fourth-order valence-corrected chi connectivity index (χ4v) is 1.65. The molecule has 1 heterocycles. The normalized spacial score (nSPS) is 12.6. The molecule has 0 aliphatic heterocycles. The minimum atomic E-state index is -4.85. The predicted octanol–water partition coefficient (Wildman–Crippen LogP) is 4.88. The first-order valence-electron chi connectivity index (χ1n) is 6.37. The molecule has 0 N–H and O–H groups in total. The van der Waals surface area contributed by atoms with Crippen molar-refractivity contribution in [3.05, 3.63) is 41.8 Å². The third kappa shape index (κ3) is 3.82. The van der Waals surface area contributed by atoms with Gasteiger partial charge in [-0.05, 0) is 12.1 Å². The minimum Gasteiger partial charge on any atom is -0.431 e. The highest BCUT2D eigenvalue weighted by atomic mass is 19.4. The van der Waals surface area contributed by atoms with Gasteiger partial charge in [0.25, 0.3) is 0 Å². The van der Waals surface area contributed by atoms with E-state index in [0.717, 1.165) is 6.92 Å². The van der Waals surface area contributed by atoms with Gasteiger partial charge in [0.15, 0.2) is 0 Å². The first-order valence-corrected chi connectivity index (χ1v) is 6.37. The van der Waals surface area contributed by atoms with Gasteiger partial charge in [-0.15, -0.1) is 0 Å². The van der Waals surface area contributed by atoms with Crippen LogP contribution in [0.4, 0.5) is 22.0 Å². The van der Waals surface area contributed by atoms with Crippen molar-refractivity contribution >= 4 is 0 Å². The third-order valence-electron chi connectivity index (χ3n) is 2.81. The van der Waals surface area contributed by atoms with Gasteiger partial charge < -0.3 is 9.15 Å². The van der Waals surface area contributed by atoms with Gasteiger partial charge in [0.05, 0.1) is 6.61 Å². The highest BCUT2D eigenvalue weighted by Gasteiger charge is 2.40. The molecule has 0 aliphatic rings. The van der Waals surface area contributed by atoms with Gasteiger partial charge in [-0.25, -0.2) is 4.98 Å². The molecule has 2 rings (SSSR count). The molecule has 0 fully saturated rings. The number of rotatable bonds is 5. The smallest absolute Gasteiger partial charge is 0.431 e. The Bertz CT molecular complexity index is 622. The number of hydrogen-bond acceptors (Lipinski definition) is 3. The zero-order valence-corrected chi connectivity index (χ0v) is 11.5. The van der Waals surface area contributed by atoms with E-state index in [1.807, 2.05) is 0 Å². The summed E-state index contributed by atoms with van der Waals surface area (Å²) in [5, 5.41) is 0. The van der Waals surface area contributed by atoms with Crippen LogP contribution in [-0.4, -0.2) is 11.1 Å². The lowest BCUT2D eigenvalue weighted by Gasteiger charge is -2.14. The van der Waals surface area contributed by atoms with Gasteiger partial charge >= 0.3 is 12.3 Å². The Kier molecular flexibility index (Phi) is 4.50. The van der Waals surface area contributed by atoms with Gasteiger partial charge in [-0.1, -0.05) is 25.1 Å². The van der Waals surface area contributed by atoms with E-state index in [4.69, 9.17) is 4.42 Å². The Morgan fingerprint density at radius 1 is 1.09 bits per heavy atom. The van der Waals surface area contributed by atoms with Crippen LogP contribution in [0.2, 0.25) is 0 Å².